The van der Waals surface area contributed by atoms with E-state index in [1.165, 1.54) is 10.5 Å². The summed E-state index contributed by atoms with van der Waals surface area (Å²) in [7, 11) is -3.52. The second-order valence-electron chi connectivity index (χ2n) is 5.43. The van der Waals surface area contributed by atoms with Gasteiger partial charge in [0, 0.05) is 30.0 Å². The number of anilines is 2. The van der Waals surface area contributed by atoms with Gasteiger partial charge in [-0.3, -0.25) is 0 Å². The van der Waals surface area contributed by atoms with Crippen molar-refractivity contribution in [2.75, 3.05) is 31.6 Å². The van der Waals surface area contributed by atoms with Gasteiger partial charge in [0.2, 0.25) is 10.0 Å². The molecular weight excluding hydrogens is 350 g/mol. The van der Waals surface area contributed by atoms with Crippen LogP contribution < -0.4 is 5.32 Å². The summed E-state index contributed by atoms with van der Waals surface area (Å²) in [5.74, 6) is 0.557. The zero-order chi connectivity index (χ0) is 17.2. The smallest absolute Gasteiger partial charge is 0.244 e. The number of hydrogen-bond acceptors (Lipinski definition) is 5. The number of hydrogen-bond donors (Lipinski definition) is 1. The van der Waals surface area contributed by atoms with Gasteiger partial charge >= 0.3 is 0 Å². The molecule has 0 unspecified atom stereocenters. The van der Waals surface area contributed by atoms with Gasteiger partial charge in [0.1, 0.15) is 10.7 Å². The topological polar surface area (TPSA) is 71.5 Å². The highest BCUT2D eigenvalue weighted by atomic mass is 35.5. The third kappa shape index (κ3) is 3.54. The molecule has 1 aliphatic rings. The Morgan fingerprint density at radius 3 is 2.62 bits per heavy atom. The largest absolute Gasteiger partial charge is 0.379 e. The van der Waals surface area contributed by atoms with Gasteiger partial charge in [0.15, 0.2) is 0 Å². The first kappa shape index (κ1) is 17.2. The molecule has 24 heavy (non-hydrogen) atoms. The number of halogens is 1. The van der Waals surface area contributed by atoms with Crippen molar-refractivity contribution in [3.8, 4) is 0 Å². The van der Waals surface area contributed by atoms with Crippen LogP contribution in [0.5, 0.6) is 0 Å². The molecule has 1 aromatic carbocycles. The van der Waals surface area contributed by atoms with Crippen molar-refractivity contribution in [3.63, 3.8) is 0 Å². The van der Waals surface area contributed by atoms with Crippen molar-refractivity contribution >= 4 is 33.1 Å². The highest BCUT2D eigenvalue weighted by molar-refractivity contribution is 7.89. The fourth-order valence-electron chi connectivity index (χ4n) is 2.42. The van der Waals surface area contributed by atoms with Crippen molar-refractivity contribution in [3.05, 3.63) is 47.1 Å². The maximum absolute atomic E-state index is 12.5. The van der Waals surface area contributed by atoms with E-state index in [0.717, 1.165) is 11.3 Å². The van der Waals surface area contributed by atoms with Gasteiger partial charge in [-0.2, -0.15) is 4.31 Å². The average molecular weight is 368 g/mol. The van der Waals surface area contributed by atoms with E-state index >= 15 is 0 Å². The first-order chi connectivity index (χ1) is 11.5. The van der Waals surface area contributed by atoms with Crippen LogP contribution >= 0.6 is 11.6 Å². The van der Waals surface area contributed by atoms with E-state index in [-0.39, 0.29) is 4.90 Å². The first-order valence-corrected chi connectivity index (χ1v) is 9.36. The van der Waals surface area contributed by atoms with E-state index in [1.807, 2.05) is 25.1 Å². The molecule has 0 aliphatic carbocycles. The van der Waals surface area contributed by atoms with Gasteiger partial charge in [-0.25, -0.2) is 13.4 Å². The summed E-state index contributed by atoms with van der Waals surface area (Å²) in [6.45, 7) is 3.47. The standard InChI is InChI=1S/C16H18ClN3O3S/c1-12-14(17)3-2-4-15(12)19-16-6-5-13(11-18-16)24(21,22)20-7-9-23-10-8-20/h2-6,11H,7-10H2,1H3,(H,18,19). The van der Waals surface area contributed by atoms with Gasteiger partial charge in [-0.05, 0) is 36.8 Å². The second kappa shape index (κ2) is 7.06. The summed E-state index contributed by atoms with van der Waals surface area (Å²) in [6, 6.07) is 8.75. The van der Waals surface area contributed by atoms with Crippen LogP contribution in [0.15, 0.2) is 41.4 Å². The molecule has 8 heteroatoms. The molecule has 0 amide bonds. The lowest BCUT2D eigenvalue weighted by Gasteiger charge is -2.25. The number of morpholine rings is 1. The lowest BCUT2D eigenvalue weighted by atomic mass is 10.2. The predicted molar refractivity (Wildman–Crippen MR) is 93.3 cm³/mol. The fourth-order valence-corrected chi connectivity index (χ4v) is 3.95. The van der Waals surface area contributed by atoms with Crippen molar-refractivity contribution in [2.24, 2.45) is 0 Å². The summed E-state index contributed by atoms with van der Waals surface area (Å²) >= 11 is 6.10. The predicted octanol–water partition coefficient (Wildman–Crippen LogP) is 2.81. The lowest BCUT2D eigenvalue weighted by molar-refractivity contribution is 0.0730. The Morgan fingerprint density at radius 1 is 1.21 bits per heavy atom. The van der Waals surface area contributed by atoms with Crippen LogP contribution in [0, 0.1) is 6.92 Å². The Kier molecular flexibility index (Phi) is 5.05. The third-order valence-electron chi connectivity index (χ3n) is 3.87. The van der Waals surface area contributed by atoms with Crippen LogP contribution in [0.25, 0.3) is 0 Å². The maximum atomic E-state index is 12.5. The Bertz CT molecular complexity index is 819. The summed E-state index contributed by atoms with van der Waals surface area (Å²) in [5, 5.41) is 3.81. The van der Waals surface area contributed by atoms with Gasteiger partial charge in [-0.15, -0.1) is 0 Å². The fraction of sp³-hybridized carbons (Fsp3) is 0.312. The van der Waals surface area contributed by atoms with Crippen molar-refractivity contribution in [2.45, 2.75) is 11.8 Å². The van der Waals surface area contributed by atoms with Crippen LogP contribution in [-0.2, 0) is 14.8 Å². The molecule has 3 rings (SSSR count). The number of sulfonamides is 1. The second-order valence-corrected chi connectivity index (χ2v) is 7.78. The van der Waals surface area contributed by atoms with Crippen LogP contribution in [-0.4, -0.2) is 44.0 Å². The molecule has 128 valence electrons. The van der Waals surface area contributed by atoms with Gasteiger partial charge in [0.05, 0.1) is 13.2 Å². The number of ether oxygens (including phenoxy) is 1. The molecule has 0 bridgehead atoms. The van der Waals surface area contributed by atoms with Gasteiger partial charge in [0.25, 0.3) is 0 Å². The molecule has 1 aliphatic heterocycles. The highest BCUT2D eigenvalue weighted by Crippen LogP contribution is 2.26. The quantitative estimate of drug-likeness (QED) is 0.899. The van der Waals surface area contributed by atoms with E-state index in [0.29, 0.717) is 37.1 Å². The highest BCUT2D eigenvalue weighted by Gasteiger charge is 2.26. The minimum Gasteiger partial charge on any atom is -0.379 e. The van der Waals surface area contributed by atoms with Gasteiger partial charge < -0.3 is 10.1 Å². The summed E-state index contributed by atoms with van der Waals surface area (Å²) in [4.78, 5) is 4.39. The molecule has 2 heterocycles. The number of pyridine rings is 1. The number of rotatable bonds is 4. The number of nitrogens with one attached hydrogen (secondary N) is 1. The zero-order valence-electron chi connectivity index (χ0n) is 13.2. The molecule has 2 aromatic rings. The van der Waals surface area contributed by atoms with Crippen molar-refractivity contribution in [1.82, 2.24) is 9.29 Å². The molecule has 0 spiro atoms. The third-order valence-corrected chi connectivity index (χ3v) is 6.17. The minimum atomic E-state index is -3.52. The van der Waals surface area contributed by atoms with E-state index in [9.17, 15) is 8.42 Å². The summed E-state index contributed by atoms with van der Waals surface area (Å²) < 4.78 is 31.7. The van der Waals surface area contributed by atoms with E-state index in [4.69, 9.17) is 16.3 Å². The van der Waals surface area contributed by atoms with E-state index < -0.39 is 10.0 Å². The molecular formula is C16H18ClN3O3S. The molecule has 0 atom stereocenters. The zero-order valence-corrected chi connectivity index (χ0v) is 14.8. The van der Waals surface area contributed by atoms with Crippen molar-refractivity contribution < 1.29 is 13.2 Å². The lowest BCUT2D eigenvalue weighted by Crippen LogP contribution is -2.40. The Morgan fingerprint density at radius 2 is 1.96 bits per heavy atom. The molecule has 1 fully saturated rings. The average Bonchev–Trinajstić information content (AvgIpc) is 2.60. The number of nitrogens with zero attached hydrogens (tertiary/aromatic N) is 2. The SMILES string of the molecule is Cc1c(Cl)cccc1Nc1ccc(S(=O)(=O)N2CCOCC2)cn1. The molecule has 0 saturated carbocycles. The van der Waals surface area contributed by atoms with Crippen molar-refractivity contribution in [1.29, 1.82) is 0 Å². The summed E-state index contributed by atoms with van der Waals surface area (Å²) in [6.07, 6.45) is 1.37. The number of aromatic nitrogens is 1. The monoisotopic (exact) mass is 367 g/mol. The van der Waals surface area contributed by atoms with Gasteiger partial charge in [-0.1, -0.05) is 17.7 Å². The number of benzene rings is 1. The molecule has 1 aromatic heterocycles. The molecule has 1 N–H and O–H groups in total. The maximum Gasteiger partial charge on any atom is 0.244 e. The Balaban J connectivity index is 1.79. The van der Waals surface area contributed by atoms with Crippen LogP contribution in [0.2, 0.25) is 5.02 Å². The van der Waals surface area contributed by atoms with Crippen LogP contribution in [0.4, 0.5) is 11.5 Å². The minimum absolute atomic E-state index is 0.178. The summed E-state index contributed by atoms with van der Waals surface area (Å²) in [5.41, 5.74) is 1.74. The van der Waals surface area contributed by atoms with Crippen LogP contribution in [0.1, 0.15) is 5.56 Å². The van der Waals surface area contributed by atoms with E-state index in [1.54, 1.807) is 12.1 Å². The van der Waals surface area contributed by atoms with Crippen LogP contribution in [0.3, 0.4) is 0 Å². The molecule has 6 nitrogen and oxygen atoms in total. The molecule has 1 saturated heterocycles. The van der Waals surface area contributed by atoms with E-state index in [2.05, 4.69) is 10.3 Å². The Labute approximate surface area is 146 Å². The first-order valence-electron chi connectivity index (χ1n) is 7.54. The normalized spacial score (nSPS) is 16.1. The Hall–Kier alpha value is -1.67. The molecule has 0 radical (unpaired) electrons.